The first-order chi connectivity index (χ1) is 14.4. The highest BCUT2D eigenvalue weighted by molar-refractivity contribution is 7.99. The van der Waals surface area contributed by atoms with E-state index in [-0.39, 0.29) is 24.0 Å². The lowest BCUT2D eigenvalue weighted by Gasteiger charge is -2.11. The molecule has 1 amide bonds. The Kier molecular flexibility index (Phi) is 7.03. The zero-order valence-electron chi connectivity index (χ0n) is 16.0. The van der Waals surface area contributed by atoms with Crippen molar-refractivity contribution >= 4 is 17.7 Å². The molecule has 11 heteroatoms. The van der Waals surface area contributed by atoms with Crippen molar-refractivity contribution in [2.24, 2.45) is 0 Å². The molecule has 2 aromatic heterocycles. The van der Waals surface area contributed by atoms with Crippen molar-refractivity contribution in [2.75, 3.05) is 12.4 Å². The average Bonchev–Trinajstić information content (AvgIpc) is 3.38. The summed E-state index contributed by atoms with van der Waals surface area (Å²) >= 11 is 1.23. The minimum absolute atomic E-state index is 0.0925. The number of alkyl halides is 3. The van der Waals surface area contributed by atoms with Gasteiger partial charge < -0.3 is 14.5 Å². The summed E-state index contributed by atoms with van der Waals surface area (Å²) in [7, 11) is 0. The van der Waals surface area contributed by atoms with E-state index in [1.165, 1.54) is 23.9 Å². The molecule has 30 heavy (non-hydrogen) atoms. The van der Waals surface area contributed by atoms with Crippen molar-refractivity contribution in [3.63, 3.8) is 0 Å². The number of amides is 1. The zero-order valence-corrected chi connectivity index (χ0v) is 16.8. The van der Waals surface area contributed by atoms with Crippen LogP contribution in [0.3, 0.4) is 0 Å². The minimum Gasteiger partial charge on any atom is -0.484 e. The van der Waals surface area contributed by atoms with E-state index in [1.54, 1.807) is 30.5 Å². The monoisotopic (exact) mass is 440 g/mol. The zero-order chi connectivity index (χ0) is 21.6. The SMILES string of the molecule is CCn1c(SCC(=O)NCc2cccc(OCC(F)(F)F)c2)nnc1-c1ccco1. The molecule has 0 radical (unpaired) electrons. The molecule has 0 spiro atoms. The summed E-state index contributed by atoms with van der Waals surface area (Å²) in [6, 6.07) is 9.69. The number of rotatable bonds is 9. The summed E-state index contributed by atoms with van der Waals surface area (Å²) in [4.78, 5) is 12.2. The molecular weight excluding hydrogens is 421 g/mol. The highest BCUT2D eigenvalue weighted by atomic mass is 32.2. The van der Waals surface area contributed by atoms with E-state index in [0.29, 0.717) is 28.8 Å². The molecule has 2 heterocycles. The predicted octanol–water partition coefficient (Wildman–Crippen LogP) is 3.91. The topological polar surface area (TPSA) is 82.2 Å². The standard InChI is InChI=1S/C19H19F3N4O3S/c1-2-26-17(15-7-4-8-28-15)24-25-18(26)30-11-16(27)23-10-13-5-3-6-14(9-13)29-12-19(20,21)22/h3-9H,2,10-12H2,1H3,(H,23,27). The second-order valence-corrected chi connectivity index (χ2v) is 7.09. The van der Waals surface area contributed by atoms with Crippen LogP contribution in [0.5, 0.6) is 5.75 Å². The van der Waals surface area contributed by atoms with Crippen LogP contribution in [-0.2, 0) is 17.9 Å². The lowest BCUT2D eigenvalue weighted by Crippen LogP contribution is -2.24. The molecule has 0 unspecified atom stereocenters. The molecule has 3 aromatic rings. The van der Waals surface area contributed by atoms with E-state index in [1.807, 2.05) is 11.5 Å². The molecule has 0 bridgehead atoms. The number of nitrogens with zero attached hydrogens (tertiary/aromatic N) is 3. The molecule has 0 saturated carbocycles. The van der Waals surface area contributed by atoms with Crippen molar-refractivity contribution in [1.82, 2.24) is 20.1 Å². The Hall–Kier alpha value is -2.95. The number of aromatic nitrogens is 3. The highest BCUT2D eigenvalue weighted by Gasteiger charge is 2.28. The molecular formula is C19H19F3N4O3S. The van der Waals surface area contributed by atoms with Crippen LogP contribution in [0.4, 0.5) is 13.2 Å². The Morgan fingerprint density at radius 3 is 2.80 bits per heavy atom. The van der Waals surface area contributed by atoms with Crippen LogP contribution < -0.4 is 10.1 Å². The van der Waals surface area contributed by atoms with Crippen LogP contribution in [0.1, 0.15) is 12.5 Å². The molecule has 3 rings (SSSR count). The predicted molar refractivity (Wildman–Crippen MR) is 104 cm³/mol. The number of hydrogen-bond donors (Lipinski definition) is 1. The first-order valence-corrected chi connectivity index (χ1v) is 9.99. The van der Waals surface area contributed by atoms with E-state index in [4.69, 9.17) is 9.15 Å². The van der Waals surface area contributed by atoms with Crippen LogP contribution in [-0.4, -0.2) is 39.2 Å². The Labute approximate surface area is 174 Å². The molecule has 1 aromatic carbocycles. The summed E-state index contributed by atoms with van der Waals surface area (Å²) in [5.74, 6) is 1.14. The van der Waals surface area contributed by atoms with Crippen molar-refractivity contribution < 1.29 is 27.1 Å². The molecule has 1 N–H and O–H groups in total. The van der Waals surface area contributed by atoms with Crippen LogP contribution in [0.15, 0.2) is 52.2 Å². The number of ether oxygens (including phenoxy) is 1. The Morgan fingerprint density at radius 2 is 2.10 bits per heavy atom. The normalized spacial score (nSPS) is 11.5. The summed E-state index contributed by atoms with van der Waals surface area (Å²) in [6.45, 7) is 1.35. The number of furan rings is 1. The second kappa shape index (κ2) is 9.70. The van der Waals surface area contributed by atoms with Gasteiger partial charge >= 0.3 is 6.18 Å². The number of thioether (sulfide) groups is 1. The maximum Gasteiger partial charge on any atom is 0.422 e. The third-order valence-electron chi connectivity index (χ3n) is 3.90. The van der Waals surface area contributed by atoms with E-state index in [9.17, 15) is 18.0 Å². The van der Waals surface area contributed by atoms with Crippen LogP contribution >= 0.6 is 11.8 Å². The maximum atomic E-state index is 12.3. The maximum absolute atomic E-state index is 12.3. The number of carbonyl (C=O) groups excluding carboxylic acids is 1. The Morgan fingerprint density at radius 1 is 1.27 bits per heavy atom. The molecule has 7 nitrogen and oxygen atoms in total. The number of nitrogens with one attached hydrogen (secondary N) is 1. The minimum atomic E-state index is -4.41. The lowest BCUT2D eigenvalue weighted by atomic mass is 10.2. The fourth-order valence-corrected chi connectivity index (χ4v) is 3.39. The van der Waals surface area contributed by atoms with Crippen LogP contribution in [0, 0.1) is 0 Å². The van der Waals surface area contributed by atoms with Crippen molar-refractivity contribution in [3.8, 4) is 17.3 Å². The average molecular weight is 440 g/mol. The molecule has 0 fully saturated rings. The molecule has 160 valence electrons. The number of hydrogen-bond acceptors (Lipinski definition) is 6. The van der Waals surface area contributed by atoms with Crippen LogP contribution in [0.2, 0.25) is 0 Å². The van der Waals surface area contributed by atoms with Gasteiger partial charge in [-0.2, -0.15) is 13.2 Å². The van der Waals surface area contributed by atoms with Gasteiger partial charge in [-0.25, -0.2) is 0 Å². The number of carbonyl (C=O) groups is 1. The highest BCUT2D eigenvalue weighted by Crippen LogP contribution is 2.24. The molecule has 0 saturated heterocycles. The Bertz CT molecular complexity index is 974. The third kappa shape index (κ3) is 6.02. The van der Waals surface area contributed by atoms with Gasteiger partial charge in [0.05, 0.1) is 12.0 Å². The number of halogens is 3. The van der Waals surface area contributed by atoms with Gasteiger partial charge in [0.2, 0.25) is 5.91 Å². The third-order valence-corrected chi connectivity index (χ3v) is 4.86. The first kappa shape index (κ1) is 21.8. The summed E-state index contributed by atoms with van der Waals surface area (Å²) < 4.78 is 48.7. The van der Waals surface area contributed by atoms with E-state index in [2.05, 4.69) is 15.5 Å². The van der Waals surface area contributed by atoms with Crippen LogP contribution in [0.25, 0.3) is 11.6 Å². The molecule has 0 aliphatic carbocycles. The molecule has 0 atom stereocenters. The first-order valence-electron chi connectivity index (χ1n) is 9.01. The number of benzene rings is 1. The largest absolute Gasteiger partial charge is 0.484 e. The van der Waals surface area contributed by atoms with Gasteiger partial charge in [-0.15, -0.1) is 10.2 Å². The van der Waals surface area contributed by atoms with Gasteiger partial charge in [-0.1, -0.05) is 23.9 Å². The van der Waals surface area contributed by atoms with Gasteiger partial charge in [-0.05, 0) is 36.8 Å². The quantitative estimate of drug-likeness (QED) is 0.508. The van der Waals surface area contributed by atoms with Crippen molar-refractivity contribution in [1.29, 1.82) is 0 Å². The van der Waals surface area contributed by atoms with E-state index in [0.717, 1.165) is 0 Å². The smallest absolute Gasteiger partial charge is 0.422 e. The van der Waals surface area contributed by atoms with E-state index < -0.39 is 12.8 Å². The second-order valence-electron chi connectivity index (χ2n) is 6.14. The Balaban J connectivity index is 1.51. The fraction of sp³-hybridized carbons (Fsp3) is 0.316. The lowest BCUT2D eigenvalue weighted by molar-refractivity contribution is -0.153. The van der Waals surface area contributed by atoms with Gasteiger partial charge in [0.1, 0.15) is 5.75 Å². The van der Waals surface area contributed by atoms with Crippen molar-refractivity contribution in [2.45, 2.75) is 31.3 Å². The summed E-state index contributed by atoms with van der Waals surface area (Å²) in [5.41, 5.74) is 0.629. The summed E-state index contributed by atoms with van der Waals surface area (Å²) in [6.07, 6.45) is -2.86. The summed E-state index contributed by atoms with van der Waals surface area (Å²) in [5, 5.41) is 11.5. The van der Waals surface area contributed by atoms with Crippen molar-refractivity contribution in [3.05, 3.63) is 48.2 Å². The van der Waals surface area contributed by atoms with Gasteiger partial charge in [-0.3, -0.25) is 9.36 Å². The van der Waals surface area contributed by atoms with Gasteiger partial charge in [0.25, 0.3) is 0 Å². The van der Waals surface area contributed by atoms with Gasteiger partial charge in [0.15, 0.2) is 23.3 Å². The molecule has 0 aliphatic heterocycles. The fourth-order valence-electron chi connectivity index (χ4n) is 2.56. The molecule has 0 aliphatic rings. The van der Waals surface area contributed by atoms with E-state index >= 15 is 0 Å². The van der Waals surface area contributed by atoms with Gasteiger partial charge in [0, 0.05) is 13.1 Å².